The summed E-state index contributed by atoms with van der Waals surface area (Å²) in [7, 11) is 1.92. The van der Waals surface area contributed by atoms with Gasteiger partial charge in [0.1, 0.15) is 6.23 Å². The molecule has 1 aliphatic rings. The van der Waals surface area contributed by atoms with Crippen molar-refractivity contribution in [3.63, 3.8) is 0 Å². The SMILES string of the molecule is CN1CCN(C(O)C(CCCc2ccc([N+](=O)[O-])cc2)(NC(=O)C(Cl)Cl)C(=O)O)CC1.Cl.Cl. The number of nitro benzene ring substituents is 1. The fraction of sp³-hybridized carbons (Fsp3) is 0.579. The van der Waals surface area contributed by atoms with E-state index in [1.807, 2.05) is 11.9 Å². The van der Waals surface area contributed by atoms with Crippen molar-refractivity contribution in [2.45, 2.75) is 35.9 Å². The molecule has 2 rings (SSSR count). The van der Waals surface area contributed by atoms with Gasteiger partial charge >= 0.3 is 5.97 Å². The number of piperazine rings is 1. The molecular weight excluding hydrogens is 522 g/mol. The first-order valence-electron chi connectivity index (χ1n) is 9.74. The van der Waals surface area contributed by atoms with Crippen LogP contribution < -0.4 is 5.32 Å². The Balaban J connectivity index is 0.00000512. The van der Waals surface area contributed by atoms with Crippen LogP contribution in [-0.2, 0) is 16.0 Å². The van der Waals surface area contributed by atoms with E-state index in [1.54, 1.807) is 17.0 Å². The average Bonchev–Trinajstić information content (AvgIpc) is 2.73. The van der Waals surface area contributed by atoms with Crippen LogP contribution in [0.4, 0.5) is 5.69 Å². The van der Waals surface area contributed by atoms with E-state index >= 15 is 0 Å². The summed E-state index contributed by atoms with van der Waals surface area (Å²) in [5.74, 6) is -2.31. The summed E-state index contributed by atoms with van der Waals surface area (Å²) in [6.45, 7) is 2.13. The second-order valence-electron chi connectivity index (χ2n) is 7.56. The molecule has 1 fully saturated rings. The number of likely N-dealkylation sites (N-methyl/N-ethyl adjacent to an activating group) is 1. The van der Waals surface area contributed by atoms with Crippen molar-refractivity contribution in [2.24, 2.45) is 0 Å². The van der Waals surface area contributed by atoms with Crippen LogP contribution in [0, 0.1) is 10.1 Å². The number of hydrogen-bond donors (Lipinski definition) is 3. The van der Waals surface area contributed by atoms with Crippen LogP contribution in [0.2, 0.25) is 0 Å². The topological polar surface area (TPSA) is 136 Å². The molecule has 0 bridgehead atoms. The Hall–Kier alpha value is -1.40. The number of non-ortho nitro benzene ring substituents is 1. The number of aliphatic hydroxyl groups excluding tert-OH is 1. The van der Waals surface area contributed by atoms with Gasteiger partial charge in [0.05, 0.1) is 4.92 Å². The molecule has 2 unspecified atom stereocenters. The number of amides is 1. The lowest BCUT2D eigenvalue weighted by atomic mass is 9.88. The molecule has 0 saturated carbocycles. The summed E-state index contributed by atoms with van der Waals surface area (Å²) in [5, 5.41) is 34.2. The number of rotatable bonds is 10. The molecule has 1 amide bonds. The first-order valence-corrected chi connectivity index (χ1v) is 10.6. The monoisotopic (exact) mass is 548 g/mol. The normalized spacial score (nSPS) is 17.2. The van der Waals surface area contributed by atoms with E-state index in [2.05, 4.69) is 5.32 Å². The molecule has 1 saturated heterocycles. The highest BCUT2D eigenvalue weighted by molar-refractivity contribution is 6.53. The van der Waals surface area contributed by atoms with Crippen molar-refractivity contribution in [1.82, 2.24) is 15.1 Å². The molecule has 0 aliphatic carbocycles. The molecular formula is C19H28Cl4N4O6. The lowest BCUT2D eigenvalue weighted by Gasteiger charge is -2.43. The Kier molecular flexibility index (Phi) is 13.5. The first kappa shape index (κ1) is 31.6. The maximum atomic E-state index is 12.3. The van der Waals surface area contributed by atoms with E-state index in [1.165, 1.54) is 12.1 Å². The van der Waals surface area contributed by atoms with E-state index in [0.717, 1.165) is 5.56 Å². The molecule has 0 radical (unpaired) electrons. The summed E-state index contributed by atoms with van der Waals surface area (Å²) in [6.07, 6.45) is -0.917. The van der Waals surface area contributed by atoms with E-state index < -0.39 is 33.4 Å². The van der Waals surface area contributed by atoms with Crippen molar-refractivity contribution in [3.05, 3.63) is 39.9 Å². The van der Waals surface area contributed by atoms with Gasteiger partial charge in [0, 0.05) is 38.3 Å². The quantitative estimate of drug-likeness (QED) is 0.229. The number of aryl methyl sites for hydroxylation is 1. The van der Waals surface area contributed by atoms with Gasteiger partial charge in [-0.3, -0.25) is 19.8 Å². The zero-order valence-corrected chi connectivity index (χ0v) is 21.0. The molecule has 2 atom stereocenters. The molecule has 3 N–H and O–H groups in total. The van der Waals surface area contributed by atoms with Gasteiger partial charge < -0.3 is 20.4 Å². The number of carbonyl (C=O) groups is 2. The predicted octanol–water partition coefficient (Wildman–Crippen LogP) is 2.07. The Morgan fingerprint density at radius 2 is 1.73 bits per heavy atom. The largest absolute Gasteiger partial charge is 0.479 e. The minimum absolute atomic E-state index is 0. The number of aliphatic carboxylic acids is 1. The van der Waals surface area contributed by atoms with Crippen LogP contribution in [0.3, 0.4) is 0 Å². The second kappa shape index (κ2) is 14.1. The third-order valence-corrected chi connectivity index (χ3v) is 5.83. The smallest absolute Gasteiger partial charge is 0.333 e. The number of benzene rings is 1. The summed E-state index contributed by atoms with van der Waals surface area (Å²) in [4.78, 5) is 37.0. The second-order valence-corrected chi connectivity index (χ2v) is 8.65. The maximum Gasteiger partial charge on any atom is 0.333 e. The van der Waals surface area contributed by atoms with Gasteiger partial charge in [0.25, 0.3) is 11.6 Å². The van der Waals surface area contributed by atoms with Crippen LogP contribution >= 0.6 is 48.0 Å². The first-order chi connectivity index (χ1) is 14.6. The molecule has 0 aromatic heterocycles. The molecule has 1 aromatic rings. The Morgan fingerprint density at radius 3 is 2.18 bits per heavy atom. The van der Waals surface area contributed by atoms with Crippen LogP contribution in [0.5, 0.6) is 0 Å². The van der Waals surface area contributed by atoms with Gasteiger partial charge in [0.15, 0.2) is 10.4 Å². The number of halogens is 4. The zero-order valence-electron chi connectivity index (χ0n) is 17.9. The lowest BCUT2D eigenvalue weighted by Crippen LogP contribution is -2.69. The van der Waals surface area contributed by atoms with Crippen LogP contribution in [0.1, 0.15) is 18.4 Å². The zero-order chi connectivity index (χ0) is 23.2. The summed E-state index contributed by atoms with van der Waals surface area (Å²) in [6, 6.07) is 5.91. The fourth-order valence-electron chi connectivity index (χ4n) is 3.54. The molecule has 1 aliphatic heterocycles. The predicted molar refractivity (Wildman–Crippen MR) is 130 cm³/mol. The van der Waals surface area contributed by atoms with Crippen molar-refractivity contribution >= 4 is 65.6 Å². The number of nitrogens with one attached hydrogen (secondary N) is 1. The number of nitro groups is 1. The Labute approximate surface area is 214 Å². The van der Waals surface area contributed by atoms with E-state index in [4.69, 9.17) is 23.2 Å². The fourth-order valence-corrected chi connectivity index (χ4v) is 3.64. The van der Waals surface area contributed by atoms with Crippen molar-refractivity contribution < 1.29 is 24.7 Å². The Bertz CT molecular complexity index is 793. The third-order valence-electron chi connectivity index (χ3n) is 5.43. The highest BCUT2D eigenvalue weighted by Crippen LogP contribution is 2.25. The van der Waals surface area contributed by atoms with Crippen LogP contribution in [0.15, 0.2) is 24.3 Å². The summed E-state index contributed by atoms with van der Waals surface area (Å²) >= 11 is 11.2. The summed E-state index contributed by atoms with van der Waals surface area (Å²) < 4.78 is 0. The van der Waals surface area contributed by atoms with Crippen LogP contribution in [-0.4, -0.2) is 86.6 Å². The number of carboxylic acid groups (broad SMARTS) is 1. The molecule has 0 spiro atoms. The molecule has 1 heterocycles. The molecule has 33 heavy (non-hydrogen) atoms. The minimum Gasteiger partial charge on any atom is -0.479 e. The van der Waals surface area contributed by atoms with Crippen LogP contribution in [0.25, 0.3) is 0 Å². The van der Waals surface area contributed by atoms with E-state index in [0.29, 0.717) is 32.6 Å². The average molecular weight is 550 g/mol. The van der Waals surface area contributed by atoms with Gasteiger partial charge in [-0.1, -0.05) is 35.3 Å². The van der Waals surface area contributed by atoms with Gasteiger partial charge in [-0.25, -0.2) is 4.79 Å². The van der Waals surface area contributed by atoms with Crippen molar-refractivity contribution in [1.29, 1.82) is 0 Å². The molecule has 14 heteroatoms. The molecule has 1 aromatic carbocycles. The maximum absolute atomic E-state index is 12.3. The third kappa shape index (κ3) is 8.40. The van der Waals surface area contributed by atoms with E-state index in [-0.39, 0.29) is 43.3 Å². The molecule has 188 valence electrons. The van der Waals surface area contributed by atoms with Crippen molar-refractivity contribution in [3.8, 4) is 0 Å². The lowest BCUT2D eigenvalue weighted by molar-refractivity contribution is -0.384. The highest BCUT2D eigenvalue weighted by atomic mass is 35.5. The number of alkyl halides is 2. The van der Waals surface area contributed by atoms with Gasteiger partial charge in [-0.05, 0) is 31.9 Å². The summed E-state index contributed by atoms with van der Waals surface area (Å²) in [5.41, 5.74) is -1.30. The number of nitrogens with zero attached hydrogens (tertiary/aromatic N) is 3. The number of carboxylic acids is 1. The number of carbonyl (C=O) groups excluding carboxylic acids is 1. The highest BCUT2D eigenvalue weighted by Gasteiger charge is 2.49. The van der Waals surface area contributed by atoms with Gasteiger partial charge in [0.2, 0.25) is 0 Å². The van der Waals surface area contributed by atoms with Gasteiger partial charge in [-0.15, -0.1) is 24.8 Å². The molecule has 10 nitrogen and oxygen atoms in total. The van der Waals surface area contributed by atoms with Crippen molar-refractivity contribution in [2.75, 3.05) is 33.2 Å². The van der Waals surface area contributed by atoms with Gasteiger partial charge in [-0.2, -0.15) is 0 Å². The Morgan fingerprint density at radius 1 is 1.18 bits per heavy atom. The minimum atomic E-state index is -2.02. The number of aliphatic hydroxyl groups is 1. The van der Waals surface area contributed by atoms with E-state index in [9.17, 15) is 29.9 Å². The number of hydrogen-bond acceptors (Lipinski definition) is 7. The standard InChI is InChI=1S/C19H26Cl2N4O6.2ClH/c1-23-9-11-24(12-10-23)17(27)19(18(28)29,22-16(26)15(20)21)8-2-3-13-4-6-14(7-5-13)25(30)31;;/h4-7,15,17,27H,2-3,8-12H2,1H3,(H,22,26)(H,28,29);2*1H.